The van der Waals surface area contributed by atoms with E-state index in [-0.39, 0.29) is 17.9 Å². The van der Waals surface area contributed by atoms with Crippen LogP contribution in [-0.4, -0.2) is 37.5 Å². The highest BCUT2D eigenvalue weighted by Crippen LogP contribution is 2.28. The number of rotatable bonds is 5. The van der Waals surface area contributed by atoms with Crippen LogP contribution in [0.4, 0.5) is 0 Å². The van der Waals surface area contributed by atoms with Crippen molar-refractivity contribution < 1.29 is 9.59 Å². The van der Waals surface area contributed by atoms with Crippen LogP contribution in [0, 0.1) is 11.8 Å². The Morgan fingerprint density at radius 2 is 1.95 bits per heavy atom. The molecule has 2 amide bonds. The summed E-state index contributed by atoms with van der Waals surface area (Å²) in [5.41, 5.74) is 0. The number of hydrogen-bond acceptors (Lipinski definition) is 3. The quantitative estimate of drug-likeness (QED) is 0.698. The van der Waals surface area contributed by atoms with Gasteiger partial charge in [0.15, 0.2) is 0 Å². The van der Waals surface area contributed by atoms with Gasteiger partial charge in [0.1, 0.15) is 6.04 Å². The predicted molar refractivity (Wildman–Crippen MR) is 78.2 cm³/mol. The maximum atomic E-state index is 12.4. The summed E-state index contributed by atoms with van der Waals surface area (Å²) >= 11 is 0. The van der Waals surface area contributed by atoms with Crippen LogP contribution in [0.1, 0.15) is 45.4 Å². The molecule has 1 aliphatic carbocycles. The first-order valence-corrected chi connectivity index (χ1v) is 7.92. The molecule has 0 aromatic heterocycles. The van der Waals surface area contributed by atoms with Crippen molar-refractivity contribution in [3.05, 3.63) is 0 Å². The first kappa shape index (κ1) is 15.3. The van der Waals surface area contributed by atoms with Crippen molar-refractivity contribution in [1.29, 1.82) is 0 Å². The molecular formula is C15H27N3O2. The Labute approximate surface area is 121 Å². The van der Waals surface area contributed by atoms with Gasteiger partial charge in [-0.15, -0.1) is 0 Å². The maximum absolute atomic E-state index is 12.4. The van der Waals surface area contributed by atoms with Gasteiger partial charge in [-0.2, -0.15) is 0 Å². The average molecular weight is 281 g/mol. The van der Waals surface area contributed by atoms with Crippen LogP contribution in [0.25, 0.3) is 0 Å². The molecular weight excluding hydrogens is 254 g/mol. The average Bonchev–Trinajstić information content (AvgIpc) is 2.97. The molecule has 5 heteroatoms. The van der Waals surface area contributed by atoms with Gasteiger partial charge in [-0.3, -0.25) is 9.59 Å². The Bertz CT molecular complexity index is 334. The Morgan fingerprint density at radius 3 is 2.55 bits per heavy atom. The zero-order valence-electron chi connectivity index (χ0n) is 12.4. The molecule has 2 unspecified atom stereocenters. The van der Waals surface area contributed by atoms with E-state index in [1.54, 1.807) is 0 Å². The molecule has 5 nitrogen and oxygen atoms in total. The lowest BCUT2D eigenvalue weighted by atomic mass is 9.96. The molecule has 1 aliphatic heterocycles. The monoisotopic (exact) mass is 281 g/mol. The van der Waals surface area contributed by atoms with E-state index in [9.17, 15) is 9.59 Å². The Kier molecular flexibility index (Phi) is 5.83. The second-order valence-corrected chi connectivity index (χ2v) is 6.18. The van der Waals surface area contributed by atoms with Crippen molar-refractivity contribution in [3.8, 4) is 0 Å². The van der Waals surface area contributed by atoms with Gasteiger partial charge < -0.3 is 16.0 Å². The Balaban J connectivity index is 1.83. The third-order valence-electron chi connectivity index (χ3n) is 4.48. The second-order valence-electron chi connectivity index (χ2n) is 6.18. The molecule has 0 bridgehead atoms. The fourth-order valence-corrected chi connectivity index (χ4v) is 3.36. The predicted octanol–water partition coefficient (Wildman–Crippen LogP) is 0.797. The minimum absolute atomic E-state index is 0.00215. The highest BCUT2D eigenvalue weighted by atomic mass is 16.2. The summed E-state index contributed by atoms with van der Waals surface area (Å²) in [5, 5.41) is 9.24. The van der Waals surface area contributed by atoms with E-state index in [4.69, 9.17) is 0 Å². The fourth-order valence-electron chi connectivity index (χ4n) is 3.36. The molecule has 0 aromatic carbocycles. The van der Waals surface area contributed by atoms with E-state index >= 15 is 0 Å². The number of carbonyl (C=O) groups is 2. The van der Waals surface area contributed by atoms with Gasteiger partial charge in [0, 0.05) is 13.5 Å². The smallest absolute Gasteiger partial charge is 0.242 e. The van der Waals surface area contributed by atoms with Crippen LogP contribution < -0.4 is 16.0 Å². The van der Waals surface area contributed by atoms with Gasteiger partial charge in [0.2, 0.25) is 11.8 Å². The molecule has 20 heavy (non-hydrogen) atoms. The third kappa shape index (κ3) is 4.47. The minimum Gasteiger partial charge on any atom is -0.354 e. The van der Waals surface area contributed by atoms with E-state index < -0.39 is 0 Å². The van der Waals surface area contributed by atoms with E-state index in [0.29, 0.717) is 18.4 Å². The first-order chi connectivity index (χ1) is 9.66. The number of carbonyl (C=O) groups excluding carboxylic acids is 2. The molecule has 1 heterocycles. The topological polar surface area (TPSA) is 70.2 Å². The summed E-state index contributed by atoms with van der Waals surface area (Å²) < 4.78 is 0. The largest absolute Gasteiger partial charge is 0.354 e. The highest BCUT2D eigenvalue weighted by molar-refractivity contribution is 5.87. The summed E-state index contributed by atoms with van der Waals surface area (Å²) in [5.74, 6) is 0.715. The van der Waals surface area contributed by atoms with E-state index in [2.05, 4.69) is 16.0 Å². The van der Waals surface area contributed by atoms with Crippen LogP contribution in [0.3, 0.4) is 0 Å². The van der Waals surface area contributed by atoms with Gasteiger partial charge in [-0.05, 0) is 50.6 Å². The van der Waals surface area contributed by atoms with Gasteiger partial charge in [0.25, 0.3) is 0 Å². The second kappa shape index (κ2) is 7.62. The summed E-state index contributed by atoms with van der Waals surface area (Å²) in [6, 6.07) is -0.341. The number of piperidine rings is 1. The van der Waals surface area contributed by atoms with Crippen LogP contribution in [0.2, 0.25) is 0 Å². The van der Waals surface area contributed by atoms with Crippen molar-refractivity contribution in [2.24, 2.45) is 11.8 Å². The van der Waals surface area contributed by atoms with Crippen molar-refractivity contribution in [1.82, 2.24) is 16.0 Å². The van der Waals surface area contributed by atoms with Crippen molar-refractivity contribution in [2.75, 3.05) is 19.6 Å². The Hall–Kier alpha value is -1.10. The van der Waals surface area contributed by atoms with Gasteiger partial charge in [-0.1, -0.05) is 12.8 Å². The molecule has 2 atom stereocenters. The lowest BCUT2D eigenvalue weighted by Crippen LogP contribution is -2.51. The van der Waals surface area contributed by atoms with Crippen molar-refractivity contribution >= 4 is 11.8 Å². The van der Waals surface area contributed by atoms with Crippen LogP contribution in [-0.2, 0) is 9.59 Å². The number of amides is 2. The zero-order valence-corrected chi connectivity index (χ0v) is 12.4. The minimum atomic E-state index is -0.341. The highest BCUT2D eigenvalue weighted by Gasteiger charge is 2.31. The van der Waals surface area contributed by atoms with E-state index in [1.807, 2.05) is 0 Å². The fraction of sp³-hybridized carbons (Fsp3) is 0.867. The van der Waals surface area contributed by atoms with Crippen molar-refractivity contribution in [2.45, 2.75) is 51.5 Å². The van der Waals surface area contributed by atoms with Gasteiger partial charge >= 0.3 is 0 Å². The molecule has 1 saturated heterocycles. The molecule has 2 fully saturated rings. The van der Waals surface area contributed by atoms with E-state index in [1.165, 1.54) is 32.6 Å². The SMILES string of the molecule is CC(=O)NC(C(=O)NCC1CCCNC1)C1CCCC1. The van der Waals surface area contributed by atoms with Gasteiger partial charge in [0.05, 0.1) is 0 Å². The summed E-state index contributed by atoms with van der Waals surface area (Å²) in [7, 11) is 0. The Morgan fingerprint density at radius 1 is 1.20 bits per heavy atom. The van der Waals surface area contributed by atoms with Crippen LogP contribution in [0.15, 0.2) is 0 Å². The van der Waals surface area contributed by atoms with E-state index in [0.717, 1.165) is 25.9 Å². The molecule has 1 saturated carbocycles. The maximum Gasteiger partial charge on any atom is 0.242 e. The van der Waals surface area contributed by atoms with Crippen LogP contribution in [0.5, 0.6) is 0 Å². The lowest BCUT2D eigenvalue weighted by molar-refractivity contribution is -0.129. The number of hydrogen-bond donors (Lipinski definition) is 3. The lowest BCUT2D eigenvalue weighted by Gasteiger charge is -2.26. The molecule has 2 aliphatic rings. The molecule has 2 rings (SSSR count). The summed E-state index contributed by atoms with van der Waals surface area (Å²) in [4.78, 5) is 23.7. The molecule has 0 spiro atoms. The van der Waals surface area contributed by atoms with Crippen molar-refractivity contribution in [3.63, 3.8) is 0 Å². The number of nitrogens with one attached hydrogen (secondary N) is 3. The van der Waals surface area contributed by atoms with Crippen LogP contribution >= 0.6 is 0 Å². The first-order valence-electron chi connectivity index (χ1n) is 7.92. The molecule has 0 radical (unpaired) electrons. The normalized spacial score (nSPS) is 25.1. The zero-order chi connectivity index (χ0) is 14.4. The summed E-state index contributed by atoms with van der Waals surface area (Å²) in [6.07, 6.45) is 6.77. The third-order valence-corrected chi connectivity index (χ3v) is 4.48. The molecule has 114 valence electrons. The molecule has 0 aromatic rings. The standard InChI is InChI=1S/C15H27N3O2/c1-11(19)18-14(13-6-2-3-7-13)15(20)17-10-12-5-4-8-16-9-12/h12-14,16H,2-10H2,1H3,(H,17,20)(H,18,19). The molecule has 3 N–H and O–H groups in total. The summed E-state index contributed by atoms with van der Waals surface area (Å²) in [6.45, 7) is 4.27. The van der Waals surface area contributed by atoms with Gasteiger partial charge in [-0.25, -0.2) is 0 Å².